The van der Waals surface area contributed by atoms with Gasteiger partial charge in [-0.05, 0) is 49.6 Å². The van der Waals surface area contributed by atoms with Gasteiger partial charge in [0.15, 0.2) is 5.78 Å². The van der Waals surface area contributed by atoms with E-state index in [2.05, 4.69) is 0 Å². The van der Waals surface area contributed by atoms with Crippen LogP contribution < -0.4 is 4.90 Å². The highest BCUT2D eigenvalue weighted by molar-refractivity contribution is 6.14. The normalized spacial score (nSPS) is 19.6. The van der Waals surface area contributed by atoms with E-state index in [1.165, 1.54) is 12.1 Å². The number of aliphatic hydroxyl groups is 1. The number of carboxylic acid groups (broad SMARTS) is 1. The number of rotatable bonds is 5. The van der Waals surface area contributed by atoms with Gasteiger partial charge in [0.1, 0.15) is 0 Å². The fourth-order valence-corrected chi connectivity index (χ4v) is 3.44. The van der Waals surface area contributed by atoms with E-state index >= 15 is 0 Å². The molecule has 130 valence electrons. The fraction of sp³-hybridized carbons (Fsp3) is 0.300. The zero-order valence-electron chi connectivity index (χ0n) is 14.1. The van der Waals surface area contributed by atoms with Crippen LogP contribution in [-0.2, 0) is 0 Å². The second-order valence-electron chi connectivity index (χ2n) is 6.40. The van der Waals surface area contributed by atoms with Crippen LogP contribution in [0.3, 0.4) is 0 Å². The van der Waals surface area contributed by atoms with Crippen LogP contribution in [0.25, 0.3) is 0 Å². The van der Waals surface area contributed by atoms with Gasteiger partial charge in [-0.3, -0.25) is 4.79 Å². The predicted molar refractivity (Wildman–Crippen MR) is 95.3 cm³/mol. The molecule has 1 aliphatic rings. The second kappa shape index (κ2) is 7.07. The third-order valence-corrected chi connectivity index (χ3v) is 4.88. The molecule has 2 unspecified atom stereocenters. The SMILES string of the molecule is CN(c1ccc(C(=O)c2ccccc2C(=O)O)cc1)C1CCCC1O. The summed E-state index contributed by atoms with van der Waals surface area (Å²) in [6.07, 6.45) is 2.45. The summed E-state index contributed by atoms with van der Waals surface area (Å²) in [7, 11) is 1.94. The minimum Gasteiger partial charge on any atom is -0.478 e. The number of benzene rings is 2. The first-order chi connectivity index (χ1) is 12.0. The third-order valence-electron chi connectivity index (χ3n) is 4.88. The van der Waals surface area contributed by atoms with Crippen molar-refractivity contribution in [2.75, 3.05) is 11.9 Å². The maximum absolute atomic E-state index is 12.6. The topological polar surface area (TPSA) is 77.8 Å². The van der Waals surface area contributed by atoms with Crippen molar-refractivity contribution in [3.63, 3.8) is 0 Å². The maximum Gasteiger partial charge on any atom is 0.336 e. The Kier molecular flexibility index (Phi) is 4.86. The van der Waals surface area contributed by atoms with Crippen molar-refractivity contribution in [3.05, 3.63) is 65.2 Å². The van der Waals surface area contributed by atoms with Crippen molar-refractivity contribution in [2.45, 2.75) is 31.4 Å². The molecule has 2 N–H and O–H groups in total. The van der Waals surface area contributed by atoms with Crippen LogP contribution in [0, 0.1) is 0 Å². The molecule has 0 heterocycles. The quantitative estimate of drug-likeness (QED) is 0.819. The summed E-state index contributed by atoms with van der Waals surface area (Å²) in [6.45, 7) is 0. The first-order valence-corrected chi connectivity index (χ1v) is 8.37. The van der Waals surface area contributed by atoms with Gasteiger partial charge in [0, 0.05) is 23.9 Å². The monoisotopic (exact) mass is 339 g/mol. The Morgan fingerprint density at radius 2 is 1.64 bits per heavy atom. The van der Waals surface area contributed by atoms with E-state index in [1.807, 2.05) is 24.1 Å². The van der Waals surface area contributed by atoms with E-state index in [1.54, 1.807) is 24.3 Å². The van der Waals surface area contributed by atoms with Crippen LogP contribution >= 0.6 is 0 Å². The summed E-state index contributed by atoms with van der Waals surface area (Å²) in [5.41, 5.74) is 1.55. The summed E-state index contributed by atoms with van der Waals surface area (Å²) in [6, 6.07) is 13.4. The second-order valence-corrected chi connectivity index (χ2v) is 6.40. The van der Waals surface area contributed by atoms with Gasteiger partial charge in [-0.15, -0.1) is 0 Å². The fourth-order valence-electron chi connectivity index (χ4n) is 3.44. The molecule has 5 nitrogen and oxygen atoms in total. The maximum atomic E-state index is 12.6. The molecule has 3 rings (SSSR count). The van der Waals surface area contributed by atoms with E-state index in [4.69, 9.17) is 0 Å². The minimum absolute atomic E-state index is 0.00257. The number of carboxylic acids is 1. The first kappa shape index (κ1) is 17.2. The summed E-state index contributed by atoms with van der Waals surface area (Å²) in [4.78, 5) is 26.0. The van der Waals surface area contributed by atoms with Crippen LogP contribution in [-0.4, -0.2) is 41.2 Å². The lowest BCUT2D eigenvalue weighted by Gasteiger charge is -2.29. The van der Waals surface area contributed by atoms with Crippen molar-refractivity contribution in [2.24, 2.45) is 0 Å². The largest absolute Gasteiger partial charge is 0.478 e. The van der Waals surface area contributed by atoms with Gasteiger partial charge in [0.25, 0.3) is 0 Å². The molecule has 0 saturated heterocycles. The van der Waals surface area contributed by atoms with Crippen molar-refractivity contribution in [1.29, 1.82) is 0 Å². The molecule has 1 fully saturated rings. The lowest BCUT2D eigenvalue weighted by molar-refractivity contribution is 0.0692. The highest BCUT2D eigenvalue weighted by atomic mass is 16.4. The van der Waals surface area contributed by atoms with Gasteiger partial charge in [0.05, 0.1) is 17.7 Å². The molecule has 5 heteroatoms. The van der Waals surface area contributed by atoms with Gasteiger partial charge < -0.3 is 15.1 Å². The number of ketones is 1. The molecule has 1 saturated carbocycles. The lowest BCUT2D eigenvalue weighted by Crippen LogP contribution is -2.37. The molecule has 1 aliphatic carbocycles. The molecule has 0 aliphatic heterocycles. The van der Waals surface area contributed by atoms with E-state index in [-0.39, 0.29) is 29.1 Å². The zero-order valence-corrected chi connectivity index (χ0v) is 14.1. The van der Waals surface area contributed by atoms with Crippen LogP contribution in [0.2, 0.25) is 0 Å². The number of aliphatic hydroxyl groups excluding tert-OH is 1. The van der Waals surface area contributed by atoms with Crippen molar-refractivity contribution in [3.8, 4) is 0 Å². The van der Waals surface area contributed by atoms with Gasteiger partial charge in [0.2, 0.25) is 0 Å². The number of hydrogen-bond donors (Lipinski definition) is 2. The van der Waals surface area contributed by atoms with E-state index in [9.17, 15) is 19.8 Å². The number of carbonyl (C=O) groups is 2. The number of likely N-dealkylation sites (N-methyl/N-ethyl adjacent to an activating group) is 1. The molecule has 0 radical (unpaired) electrons. The summed E-state index contributed by atoms with van der Waals surface area (Å²) in [5.74, 6) is -1.43. The Morgan fingerprint density at radius 1 is 1.00 bits per heavy atom. The Morgan fingerprint density at radius 3 is 2.20 bits per heavy atom. The number of nitrogens with zero attached hydrogens (tertiary/aromatic N) is 1. The number of hydrogen-bond acceptors (Lipinski definition) is 4. The van der Waals surface area contributed by atoms with Crippen molar-refractivity contribution in [1.82, 2.24) is 0 Å². The highest BCUT2D eigenvalue weighted by Gasteiger charge is 2.29. The van der Waals surface area contributed by atoms with Gasteiger partial charge in [-0.1, -0.05) is 18.2 Å². The number of anilines is 1. The number of carbonyl (C=O) groups excluding carboxylic acids is 1. The Hall–Kier alpha value is -2.66. The Bertz CT molecular complexity index is 785. The van der Waals surface area contributed by atoms with Crippen molar-refractivity contribution >= 4 is 17.4 Å². The Labute approximate surface area is 146 Å². The molecule has 25 heavy (non-hydrogen) atoms. The van der Waals surface area contributed by atoms with Gasteiger partial charge in [-0.25, -0.2) is 4.79 Å². The average molecular weight is 339 g/mol. The smallest absolute Gasteiger partial charge is 0.336 e. The molecule has 0 bridgehead atoms. The van der Waals surface area contributed by atoms with Gasteiger partial charge >= 0.3 is 5.97 Å². The molecular formula is C20H21NO4. The van der Waals surface area contributed by atoms with Crippen LogP contribution in [0.4, 0.5) is 5.69 Å². The summed E-state index contributed by atoms with van der Waals surface area (Å²) < 4.78 is 0. The van der Waals surface area contributed by atoms with Crippen LogP contribution in [0.5, 0.6) is 0 Å². The molecule has 2 atom stereocenters. The number of aromatic carboxylic acids is 1. The lowest BCUT2D eigenvalue weighted by atomic mass is 9.98. The zero-order chi connectivity index (χ0) is 18.0. The molecule has 2 aromatic carbocycles. The highest BCUT2D eigenvalue weighted by Crippen LogP contribution is 2.28. The molecule has 0 spiro atoms. The molecule has 2 aromatic rings. The van der Waals surface area contributed by atoms with E-state index in [0.29, 0.717) is 5.56 Å². The van der Waals surface area contributed by atoms with Gasteiger partial charge in [-0.2, -0.15) is 0 Å². The minimum atomic E-state index is -1.12. The van der Waals surface area contributed by atoms with Crippen LogP contribution in [0.15, 0.2) is 48.5 Å². The molecular weight excluding hydrogens is 318 g/mol. The third kappa shape index (κ3) is 3.42. The average Bonchev–Trinajstić information content (AvgIpc) is 3.06. The summed E-state index contributed by atoms with van der Waals surface area (Å²) >= 11 is 0. The van der Waals surface area contributed by atoms with E-state index in [0.717, 1.165) is 24.9 Å². The van der Waals surface area contributed by atoms with Crippen LogP contribution in [0.1, 0.15) is 45.5 Å². The molecule has 0 amide bonds. The first-order valence-electron chi connectivity index (χ1n) is 8.37. The van der Waals surface area contributed by atoms with E-state index < -0.39 is 5.97 Å². The molecule has 0 aromatic heterocycles. The summed E-state index contributed by atoms with van der Waals surface area (Å²) in [5, 5.41) is 19.3. The standard InChI is InChI=1S/C20H21NO4/c1-21(17-7-4-8-18(17)22)14-11-9-13(10-12-14)19(23)15-5-2-3-6-16(15)20(24)25/h2-3,5-6,9-12,17-18,22H,4,7-8H2,1H3,(H,24,25). The Balaban J connectivity index is 1.83. The predicted octanol–water partition coefficient (Wildman–Crippen LogP) is 2.97. The van der Waals surface area contributed by atoms with Crippen molar-refractivity contribution < 1.29 is 19.8 Å².